The molecule has 2 aromatic heterocycles. The molecule has 2 heterocycles. The number of benzene rings is 1. The van der Waals surface area contributed by atoms with E-state index in [2.05, 4.69) is 10.3 Å². The fourth-order valence-electron chi connectivity index (χ4n) is 2.30. The fraction of sp³-hybridized carbons (Fsp3) is 0.222. The maximum absolute atomic E-state index is 12.5. The number of rotatable bonds is 6. The van der Waals surface area contributed by atoms with E-state index in [0.29, 0.717) is 17.1 Å². The van der Waals surface area contributed by atoms with Gasteiger partial charge in [0.25, 0.3) is 5.91 Å². The number of ether oxygens (including phenoxy) is 1. The van der Waals surface area contributed by atoms with Gasteiger partial charge < -0.3 is 14.6 Å². The Kier molecular flexibility index (Phi) is 4.96. The van der Waals surface area contributed by atoms with Gasteiger partial charge in [-0.05, 0) is 42.8 Å². The van der Waals surface area contributed by atoms with Crippen molar-refractivity contribution in [1.82, 2.24) is 14.9 Å². The Bertz CT molecular complexity index is 807. The van der Waals surface area contributed by atoms with E-state index < -0.39 is 0 Å². The Morgan fingerprint density at radius 1 is 1.25 bits per heavy atom. The van der Waals surface area contributed by atoms with Gasteiger partial charge in [0.2, 0.25) is 0 Å². The third-order valence-electron chi connectivity index (χ3n) is 3.55. The van der Waals surface area contributed by atoms with Crippen LogP contribution in [0.3, 0.4) is 0 Å². The van der Waals surface area contributed by atoms with E-state index in [4.69, 9.17) is 4.74 Å². The van der Waals surface area contributed by atoms with Crippen molar-refractivity contribution in [2.45, 2.75) is 13.3 Å². The number of methoxy groups -OCH3 is 1. The van der Waals surface area contributed by atoms with Gasteiger partial charge in [-0.2, -0.15) is 0 Å². The van der Waals surface area contributed by atoms with Crippen LogP contribution < -0.4 is 10.1 Å². The first kappa shape index (κ1) is 16.3. The number of hydrogen-bond donors (Lipinski definition) is 1. The van der Waals surface area contributed by atoms with Crippen LogP contribution in [0.25, 0.3) is 16.4 Å². The number of amides is 1. The highest BCUT2D eigenvalue weighted by Gasteiger charge is 2.20. The number of carbonyl (C=O) groups is 1. The summed E-state index contributed by atoms with van der Waals surface area (Å²) in [7, 11) is 1.63. The summed E-state index contributed by atoms with van der Waals surface area (Å²) in [5.41, 5.74) is 1.59. The van der Waals surface area contributed by atoms with Gasteiger partial charge in [-0.25, -0.2) is 4.98 Å². The van der Waals surface area contributed by atoms with Gasteiger partial charge in [0.05, 0.1) is 12.8 Å². The van der Waals surface area contributed by atoms with Gasteiger partial charge >= 0.3 is 0 Å². The predicted molar refractivity (Wildman–Crippen MR) is 96.1 cm³/mol. The molecular weight excluding hydrogens is 322 g/mol. The van der Waals surface area contributed by atoms with Crippen LogP contribution in [0.4, 0.5) is 0 Å². The second-order valence-corrected chi connectivity index (χ2v) is 6.23. The highest BCUT2D eigenvalue weighted by atomic mass is 32.1. The summed E-state index contributed by atoms with van der Waals surface area (Å²) in [6.07, 6.45) is 4.74. The van der Waals surface area contributed by atoms with Crippen molar-refractivity contribution in [3.63, 3.8) is 0 Å². The van der Waals surface area contributed by atoms with Gasteiger partial charge in [-0.3, -0.25) is 4.79 Å². The zero-order valence-electron chi connectivity index (χ0n) is 13.7. The van der Waals surface area contributed by atoms with Crippen LogP contribution in [0.2, 0.25) is 0 Å². The maximum Gasteiger partial charge on any atom is 0.263 e. The molecule has 1 N–H and O–H groups in total. The molecule has 0 saturated carbocycles. The van der Waals surface area contributed by atoms with Crippen LogP contribution in [-0.2, 0) is 0 Å². The average Bonchev–Trinajstić information content (AvgIpc) is 3.29. The predicted octanol–water partition coefficient (Wildman–Crippen LogP) is 3.75. The van der Waals surface area contributed by atoms with E-state index in [1.165, 1.54) is 11.3 Å². The van der Waals surface area contributed by atoms with Gasteiger partial charge in [0.1, 0.15) is 10.6 Å². The first-order valence-electron chi connectivity index (χ1n) is 7.79. The summed E-state index contributed by atoms with van der Waals surface area (Å²) < 4.78 is 7.11. The molecule has 0 spiro atoms. The zero-order chi connectivity index (χ0) is 16.9. The van der Waals surface area contributed by atoms with Gasteiger partial charge in [0, 0.05) is 24.5 Å². The molecule has 0 unspecified atom stereocenters. The molecule has 0 fully saturated rings. The zero-order valence-corrected chi connectivity index (χ0v) is 14.5. The van der Waals surface area contributed by atoms with Crippen molar-refractivity contribution >= 4 is 17.2 Å². The summed E-state index contributed by atoms with van der Waals surface area (Å²) in [6.45, 7) is 2.68. The van der Waals surface area contributed by atoms with E-state index in [1.54, 1.807) is 7.11 Å². The van der Waals surface area contributed by atoms with Crippen molar-refractivity contribution in [2.75, 3.05) is 13.7 Å². The topological polar surface area (TPSA) is 56.2 Å². The average molecular weight is 341 g/mol. The van der Waals surface area contributed by atoms with Crippen LogP contribution in [-0.4, -0.2) is 29.1 Å². The maximum atomic E-state index is 12.5. The Balaban J connectivity index is 2.02. The minimum absolute atomic E-state index is 0.0847. The van der Waals surface area contributed by atoms with E-state index in [9.17, 15) is 4.79 Å². The molecule has 0 aliphatic heterocycles. The Labute approximate surface area is 144 Å². The molecule has 5 nitrogen and oxygen atoms in total. The summed E-state index contributed by atoms with van der Waals surface area (Å²) in [4.78, 5) is 17.8. The third kappa shape index (κ3) is 3.33. The van der Waals surface area contributed by atoms with E-state index >= 15 is 0 Å². The van der Waals surface area contributed by atoms with Crippen LogP contribution in [0, 0.1) is 0 Å². The van der Waals surface area contributed by atoms with Crippen molar-refractivity contribution in [2.24, 2.45) is 0 Å². The summed E-state index contributed by atoms with van der Waals surface area (Å²) >= 11 is 1.39. The van der Waals surface area contributed by atoms with Crippen LogP contribution >= 0.6 is 11.3 Å². The molecule has 3 rings (SSSR count). The molecule has 0 atom stereocenters. The minimum Gasteiger partial charge on any atom is -0.497 e. The van der Waals surface area contributed by atoms with Crippen molar-refractivity contribution in [1.29, 1.82) is 0 Å². The second-order valence-electron chi connectivity index (χ2n) is 5.25. The molecule has 0 aliphatic rings. The number of nitrogens with one attached hydrogen (secondary N) is 1. The van der Waals surface area contributed by atoms with E-state index in [1.807, 2.05) is 60.3 Å². The van der Waals surface area contributed by atoms with Crippen molar-refractivity contribution in [3.05, 3.63) is 53.7 Å². The van der Waals surface area contributed by atoms with Gasteiger partial charge in [0.15, 0.2) is 5.13 Å². The molecule has 1 aromatic carbocycles. The largest absolute Gasteiger partial charge is 0.497 e. The summed E-state index contributed by atoms with van der Waals surface area (Å²) in [6, 6.07) is 11.5. The number of hydrogen-bond acceptors (Lipinski definition) is 4. The Morgan fingerprint density at radius 3 is 2.58 bits per heavy atom. The second kappa shape index (κ2) is 7.31. The SMILES string of the molecule is CCCNC(=O)c1sc(-n2cccc2)nc1-c1ccc(OC)cc1. The van der Waals surface area contributed by atoms with E-state index in [0.717, 1.165) is 22.9 Å². The Morgan fingerprint density at radius 2 is 1.96 bits per heavy atom. The lowest BCUT2D eigenvalue weighted by Crippen LogP contribution is -2.23. The third-order valence-corrected chi connectivity index (χ3v) is 4.61. The molecule has 24 heavy (non-hydrogen) atoms. The van der Waals surface area contributed by atoms with Gasteiger partial charge in [-0.15, -0.1) is 0 Å². The normalized spacial score (nSPS) is 10.6. The summed E-state index contributed by atoms with van der Waals surface area (Å²) in [5.74, 6) is 0.690. The van der Waals surface area contributed by atoms with Crippen molar-refractivity contribution in [3.8, 4) is 22.1 Å². The standard InChI is InChI=1S/C18H19N3O2S/c1-3-10-19-17(22)16-15(13-6-8-14(23-2)9-7-13)20-18(24-16)21-11-4-5-12-21/h4-9,11-12H,3,10H2,1-2H3,(H,19,22). The highest BCUT2D eigenvalue weighted by Crippen LogP contribution is 2.31. The molecule has 0 aliphatic carbocycles. The molecule has 3 aromatic rings. The number of nitrogens with zero attached hydrogens (tertiary/aromatic N) is 2. The van der Waals surface area contributed by atoms with Crippen LogP contribution in [0.15, 0.2) is 48.8 Å². The first-order valence-corrected chi connectivity index (χ1v) is 8.61. The number of thiazole rings is 1. The van der Waals surface area contributed by atoms with Crippen LogP contribution in [0.5, 0.6) is 5.75 Å². The lowest BCUT2D eigenvalue weighted by atomic mass is 10.1. The fourth-order valence-corrected chi connectivity index (χ4v) is 3.27. The quantitative estimate of drug-likeness (QED) is 0.743. The number of aromatic nitrogens is 2. The molecule has 1 amide bonds. The smallest absolute Gasteiger partial charge is 0.263 e. The molecule has 0 bridgehead atoms. The number of carbonyl (C=O) groups excluding carboxylic acids is 1. The first-order chi connectivity index (χ1) is 11.7. The van der Waals surface area contributed by atoms with E-state index in [-0.39, 0.29) is 5.91 Å². The van der Waals surface area contributed by atoms with Gasteiger partial charge in [-0.1, -0.05) is 18.3 Å². The lowest BCUT2D eigenvalue weighted by Gasteiger charge is -2.05. The van der Waals surface area contributed by atoms with Crippen LogP contribution in [0.1, 0.15) is 23.0 Å². The molecule has 6 heteroatoms. The minimum atomic E-state index is -0.0847. The molecule has 0 radical (unpaired) electrons. The lowest BCUT2D eigenvalue weighted by molar-refractivity contribution is 0.0958. The summed E-state index contributed by atoms with van der Waals surface area (Å²) in [5, 5.41) is 3.71. The molecule has 0 saturated heterocycles. The monoisotopic (exact) mass is 341 g/mol. The Hall–Kier alpha value is -2.60. The molecule has 124 valence electrons. The van der Waals surface area contributed by atoms with Crippen molar-refractivity contribution < 1.29 is 9.53 Å². The molecular formula is C18H19N3O2S. The highest BCUT2D eigenvalue weighted by molar-refractivity contribution is 7.16.